The van der Waals surface area contributed by atoms with Gasteiger partial charge in [-0.2, -0.15) is 0 Å². The van der Waals surface area contributed by atoms with Gasteiger partial charge in [-0.05, 0) is 30.7 Å². The summed E-state index contributed by atoms with van der Waals surface area (Å²) in [5.74, 6) is -0.476. The van der Waals surface area contributed by atoms with Crippen molar-refractivity contribution >= 4 is 23.0 Å². The lowest BCUT2D eigenvalue weighted by molar-refractivity contribution is 0.0639. The fraction of sp³-hybridized carbons (Fsp3) is 0.294. The van der Waals surface area contributed by atoms with Crippen LogP contribution in [-0.4, -0.2) is 36.2 Å². The Labute approximate surface area is 137 Å². The summed E-state index contributed by atoms with van der Waals surface area (Å²) >= 11 is 1.27. The molecular weight excluding hydrogens is 315 g/mol. The molecule has 0 spiro atoms. The molecule has 1 amide bonds. The highest BCUT2D eigenvalue weighted by Gasteiger charge is 2.29. The molecule has 120 valence electrons. The summed E-state index contributed by atoms with van der Waals surface area (Å²) in [6, 6.07) is 7.77. The number of halogens is 1. The van der Waals surface area contributed by atoms with Gasteiger partial charge in [-0.15, -0.1) is 11.3 Å². The molecule has 1 aliphatic heterocycles. The number of piperazine rings is 1. The van der Waals surface area contributed by atoms with Gasteiger partial charge in [0, 0.05) is 30.6 Å². The first kappa shape index (κ1) is 15.8. The second-order valence-corrected chi connectivity index (χ2v) is 6.44. The van der Waals surface area contributed by atoms with Crippen LogP contribution in [0.4, 0.5) is 4.39 Å². The Hall–Kier alpha value is -2.05. The minimum Gasteiger partial charge on any atom is -0.328 e. The van der Waals surface area contributed by atoms with Gasteiger partial charge >= 0.3 is 0 Å². The van der Waals surface area contributed by atoms with E-state index in [1.165, 1.54) is 30.4 Å². The number of carbonyl (C=O) groups is 2. The fourth-order valence-electron chi connectivity index (χ4n) is 2.73. The van der Waals surface area contributed by atoms with E-state index < -0.39 is 0 Å². The number of nitrogens with zero attached hydrogens (tertiary/aromatic N) is 1. The predicted molar refractivity (Wildman–Crippen MR) is 87.4 cm³/mol. The Kier molecular flexibility index (Phi) is 4.54. The van der Waals surface area contributed by atoms with Crippen molar-refractivity contribution in [1.29, 1.82) is 0 Å². The van der Waals surface area contributed by atoms with Gasteiger partial charge in [0.25, 0.3) is 5.91 Å². The lowest BCUT2D eigenvalue weighted by Crippen LogP contribution is -2.48. The van der Waals surface area contributed by atoms with E-state index in [0.717, 1.165) is 5.56 Å². The number of benzene rings is 1. The molecule has 2 aromatic rings. The standard InChI is InChI=1S/C17H17FN2O2S/c1-11(21)13-8-16(23-10-13)17(22)20-6-5-19-9-15(20)12-3-2-4-14(18)7-12/h2-4,7-8,10,15,19H,5-6,9H2,1H3. The van der Waals surface area contributed by atoms with Gasteiger partial charge in [0.15, 0.2) is 5.78 Å². The number of thiophene rings is 1. The molecule has 6 heteroatoms. The molecule has 1 aromatic heterocycles. The molecule has 2 heterocycles. The maximum atomic E-state index is 13.5. The van der Waals surface area contributed by atoms with E-state index in [4.69, 9.17) is 0 Å². The summed E-state index contributed by atoms with van der Waals surface area (Å²) in [7, 11) is 0. The molecule has 0 aliphatic carbocycles. The van der Waals surface area contributed by atoms with Crippen LogP contribution in [0, 0.1) is 5.82 Å². The zero-order valence-corrected chi connectivity index (χ0v) is 13.5. The molecule has 0 bridgehead atoms. The van der Waals surface area contributed by atoms with E-state index in [0.29, 0.717) is 30.1 Å². The molecule has 0 saturated carbocycles. The fourth-order valence-corrected chi connectivity index (χ4v) is 3.63. The molecule has 1 aromatic carbocycles. The minimum atomic E-state index is -0.310. The van der Waals surface area contributed by atoms with Gasteiger partial charge in [-0.25, -0.2) is 4.39 Å². The second-order valence-electron chi connectivity index (χ2n) is 5.53. The first-order valence-electron chi connectivity index (χ1n) is 7.43. The van der Waals surface area contributed by atoms with Crippen LogP contribution in [0.25, 0.3) is 0 Å². The van der Waals surface area contributed by atoms with E-state index >= 15 is 0 Å². The van der Waals surface area contributed by atoms with Gasteiger partial charge in [-0.3, -0.25) is 9.59 Å². The summed E-state index contributed by atoms with van der Waals surface area (Å²) in [6.07, 6.45) is 0. The van der Waals surface area contributed by atoms with E-state index in [-0.39, 0.29) is 23.5 Å². The lowest BCUT2D eigenvalue weighted by atomic mass is 10.0. The van der Waals surface area contributed by atoms with Crippen molar-refractivity contribution in [3.63, 3.8) is 0 Å². The number of ketones is 1. The minimum absolute atomic E-state index is 0.0534. The molecule has 4 nitrogen and oxygen atoms in total. The Morgan fingerprint density at radius 2 is 2.17 bits per heavy atom. The summed E-state index contributed by atoms with van der Waals surface area (Å²) in [6.45, 7) is 3.31. The molecule has 23 heavy (non-hydrogen) atoms. The SMILES string of the molecule is CC(=O)c1csc(C(=O)N2CCNCC2c2cccc(F)c2)c1. The normalized spacial score (nSPS) is 18.0. The van der Waals surface area contributed by atoms with E-state index in [2.05, 4.69) is 5.32 Å². The van der Waals surface area contributed by atoms with E-state index in [1.54, 1.807) is 22.4 Å². The first-order chi connectivity index (χ1) is 11.1. The number of Topliss-reactive ketones (excluding diaryl/α,β-unsaturated/α-hetero) is 1. The van der Waals surface area contributed by atoms with Crippen LogP contribution in [0.15, 0.2) is 35.7 Å². The van der Waals surface area contributed by atoms with Crippen LogP contribution < -0.4 is 5.32 Å². The quantitative estimate of drug-likeness (QED) is 0.879. The van der Waals surface area contributed by atoms with E-state index in [9.17, 15) is 14.0 Å². The smallest absolute Gasteiger partial charge is 0.264 e. The Balaban J connectivity index is 1.88. The molecule has 1 atom stereocenters. The van der Waals surface area contributed by atoms with E-state index in [1.807, 2.05) is 6.07 Å². The summed E-state index contributed by atoms with van der Waals surface area (Å²) in [4.78, 5) is 26.5. The van der Waals surface area contributed by atoms with Gasteiger partial charge < -0.3 is 10.2 Å². The number of amides is 1. The van der Waals surface area contributed by atoms with Gasteiger partial charge in [-0.1, -0.05) is 12.1 Å². The van der Waals surface area contributed by atoms with Crippen LogP contribution >= 0.6 is 11.3 Å². The largest absolute Gasteiger partial charge is 0.328 e. The molecule has 1 aliphatic rings. The van der Waals surface area contributed by atoms with Gasteiger partial charge in [0.2, 0.25) is 0 Å². The van der Waals surface area contributed by atoms with Crippen molar-refractivity contribution in [3.8, 4) is 0 Å². The maximum absolute atomic E-state index is 13.5. The van der Waals surface area contributed by atoms with Crippen LogP contribution in [0.5, 0.6) is 0 Å². The Morgan fingerprint density at radius 3 is 2.87 bits per heavy atom. The molecule has 1 unspecified atom stereocenters. The highest BCUT2D eigenvalue weighted by Crippen LogP contribution is 2.27. The summed E-state index contributed by atoms with van der Waals surface area (Å²) < 4.78 is 13.5. The molecule has 1 saturated heterocycles. The van der Waals surface area contributed by atoms with Crippen LogP contribution in [-0.2, 0) is 0 Å². The predicted octanol–water partition coefficient (Wildman–Crippen LogP) is 2.88. The molecule has 3 rings (SSSR count). The summed E-state index contributed by atoms with van der Waals surface area (Å²) in [5.41, 5.74) is 1.32. The third-order valence-corrected chi connectivity index (χ3v) is 4.87. The van der Waals surface area contributed by atoms with Crippen LogP contribution in [0.1, 0.15) is 38.6 Å². The molecule has 1 fully saturated rings. The van der Waals surface area contributed by atoms with Crippen molar-refractivity contribution in [2.24, 2.45) is 0 Å². The first-order valence-corrected chi connectivity index (χ1v) is 8.31. The Bertz CT molecular complexity index is 744. The van der Waals surface area contributed by atoms with Gasteiger partial charge in [0.05, 0.1) is 10.9 Å². The lowest BCUT2D eigenvalue weighted by Gasteiger charge is -2.36. The number of hydrogen-bond acceptors (Lipinski definition) is 4. The zero-order valence-electron chi connectivity index (χ0n) is 12.7. The number of rotatable bonds is 3. The average Bonchev–Trinajstić information content (AvgIpc) is 3.04. The zero-order chi connectivity index (χ0) is 16.4. The molecule has 1 N–H and O–H groups in total. The highest BCUT2D eigenvalue weighted by atomic mass is 32.1. The van der Waals surface area contributed by atoms with Crippen LogP contribution in [0.3, 0.4) is 0 Å². The van der Waals surface area contributed by atoms with Crippen molar-refractivity contribution in [1.82, 2.24) is 10.2 Å². The number of carbonyl (C=O) groups excluding carboxylic acids is 2. The highest BCUT2D eigenvalue weighted by molar-refractivity contribution is 7.12. The summed E-state index contributed by atoms with van der Waals surface area (Å²) in [5, 5.41) is 4.95. The van der Waals surface area contributed by atoms with Crippen molar-refractivity contribution in [2.75, 3.05) is 19.6 Å². The van der Waals surface area contributed by atoms with Crippen molar-refractivity contribution in [2.45, 2.75) is 13.0 Å². The molecule has 0 radical (unpaired) electrons. The van der Waals surface area contributed by atoms with Crippen LogP contribution in [0.2, 0.25) is 0 Å². The topological polar surface area (TPSA) is 49.4 Å². The number of nitrogens with one attached hydrogen (secondary N) is 1. The van der Waals surface area contributed by atoms with Crippen molar-refractivity contribution < 1.29 is 14.0 Å². The average molecular weight is 332 g/mol. The maximum Gasteiger partial charge on any atom is 0.264 e. The molecular formula is C17H17FN2O2S. The van der Waals surface area contributed by atoms with Gasteiger partial charge in [0.1, 0.15) is 5.82 Å². The third-order valence-electron chi connectivity index (χ3n) is 3.95. The van der Waals surface area contributed by atoms with Crippen molar-refractivity contribution in [3.05, 3.63) is 57.5 Å². The number of hydrogen-bond donors (Lipinski definition) is 1. The second kappa shape index (κ2) is 6.60. The third kappa shape index (κ3) is 3.33. The monoisotopic (exact) mass is 332 g/mol. The Morgan fingerprint density at radius 1 is 1.35 bits per heavy atom.